The average Bonchev–Trinajstić information content (AvgIpc) is 2.36. The molecule has 1 aromatic rings. The van der Waals surface area contributed by atoms with Gasteiger partial charge in [0.05, 0.1) is 11.0 Å². The number of nitrogens with one attached hydrogen (secondary N) is 2. The Hall–Kier alpha value is -0.820. The molecule has 0 radical (unpaired) electrons. The van der Waals surface area contributed by atoms with Crippen molar-refractivity contribution >= 4 is 22.4 Å². The third kappa shape index (κ3) is 6.09. The first-order chi connectivity index (χ1) is 8.85. The van der Waals surface area contributed by atoms with Crippen molar-refractivity contribution in [2.24, 2.45) is 0 Å². The van der Waals surface area contributed by atoms with E-state index in [9.17, 15) is 8.42 Å². The minimum Gasteiger partial charge on any atom is -0.491 e. The Morgan fingerprint density at radius 1 is 1.15 bits per heavy atom. The molecule has 0 bridgehead atoms. The number of halogens is 1. The second-order valence-electron chi connectivity index (χ2n) is 4.68. The number of benzene rings is 1. The zero-order chi connectivity index (χ0) is 14.5. The summed E-state index contributed by atoms with van der Waals surface area (Å²) >= 11 is 0. The van der Waals surface area contributed by atoms with Crippen LogP contribution in [0.5, 0.6) is 5.75 Å². The maximum atomic E-state index is 12.0. The summed E-state index contributed by atoms with van der Waals surface area (Å²) in [7, 11) is -1.67. The number of rotatable bonds is 7. The largest absolute Gasteiger partial charge is 0.491 e. The van der Waals surface area contributed by atoms with E-state index < -0.39 is 10.0 Å². The molecular weight excluding hydrogens is 300 g/mol. The van der Waals surface area contributed by atoms with Crippen LogP contribution in [-0.2, 0) is 10.0 Å². The Morgan fingerprint density at radius 3 is 2.15 bits per heavy atom. The molecule has 2 N–H and O–H groups in total. The van der Waals surface area contributed by atoms with Crippen molar-refractivity contribution < 1.29 is 13.2 Å². The molecule has 0 fully saturated rings. The Kier molecular flexibility index (Phi) is 8.12. The molecule has 0 saturated heterocycles. The monoisotopic (exact) mass is 322 g/mol. The number of hydrogen-bond acceptors (Lipinski definition) is 4. The Morgan fingerprint density at radius 2 is 1.70 bits per heavy atom. The maximum absolute atomic E-state index is 12.0. The topological polar surface area (TPSA) is 67.4 Å². The Balaban J connectivity index is 0.00000361. The fourth-order valence-corrected chi connectivity index (χ4v) is 2.52. The predicted molar refractivity (Wildman–Crippen MR) is 83.2 cm³/mol. The van der Waals surface area contributed by atoms with Crippen molar-refractivity contribution in [3.63, 3.8) is 0 Å². The van der Waals surface area contributed by atoms with Crippen LogP contribution in [0.25, 0.3) is 0 Å². The van der Waals surface area contributed by atoms with Crippen LogP contribution < -0.4 is 14.8 Å². The summed E-state index contributed by atoms with van der Waals surface area (Å²) in [4.78, 5) is 0.243. The molecule has 1 rings (SSSR count). The third-order valence-electron chi connectivity index (χ3n) is 2.58. The van der Waals surface area contributed by atoms with Crippen LogP contribution in [0.1, 0.15) is 20.8 Å². The van der Waals surface area contributed by atoms with Crippen LogP contribution in [0, 0.1) is 0 Å². The van der Waals surface area contributed by atoms with E-state index in [1.54, 1.807) is 31.3 Å². The van der Waals surface area contributed by atoms with Gasteiger partial charge in [-0.25, -0.2) is 13.1 Å². The zero-order valence-electron chi connectivity index (χ0n) is 12.2. The molecule has 0 spiro atoms. The molecule has 0 heterocycles. The van der Waals surface area contributed by atoms with E-state index in [0.717, 1.165) is 0 Å². The molecule has 0 aliphatic heterocycles. The van der Waals surface area contributed by atoms with Gasteiger partial charge in [-0.05, 0) is 52.1 Å². The summed E-state index contributed by atoms with van der Waals surface area (Å²) in [6, 6.07) is 6.50. The summed E-state index contributed by atoms with van der Waals surface area (Å²) < 4.78 is 32.0. The zero-order valence-corrected chi connectivity index (χ0v) is 13.8. The van der Waals surface area contributed by atoms with E-state index in [1.165, 1.54) is 0 Å². The van der Waals surface area contributed by atoms with Gasteiger partial charge in [0.15, 0.2) is 0 Å². The lowest BCUT2D eigenvalue weighted by atomic mass is 10.3. The highest BCUT2D eigenvalue weighted by Gasteiger charge is 2.14. The molecule has 0 amide bonds. The van der Waals surface area contributed by atoms with Gasteiger partial charge in [-0.2, -0.15) is 0 Å². The van der Waals surface area contributed by atoms with Crippen molar-refractivity contribution in [3.05, 3.63) is 24.3 Å². The molecule has 1 atom stereocenters. The minimum atomic E-state index is -3.46. The smallest absolute Gasteiger partial charge is 0.240 e. The average molecular weight is 323 g/mol. The van der Waals surface area contributed by atoms with Gasteiger partial charge < -0.3 is 10.1 Å². The van der Waals surface area contributed by atoms with E-state index >= 15 is 0 Å². The molecule has 0 aromatic heterocycles. The summed E-state index contributed by atoms with van der Waals surface area (Å²) in [5.74, 6) is 0.664. The molecular formula is C13H23ClN2O3S. The number of ether oxygens (including phenoxy) is 1. The normalized spacial score (nSPS) is 12.8. The number of sulfonamides is 1. The van der Waals surface area contributed by atoms with Gasteiger partial charge >= 0.3 is 0 Å². The van der Waals surface area contributed by atoms with Crippen LogP contribution in [0.2, 0.25) is 0 Å². The lowest BCUT2D eigenvalue weighted by molar-refractivity contribution is 0.242. The lowest BCUT2D eigenvalue weighted by Gasteiger charge is -2.13. The van der Waals surface area contributed by atoms with Crippen LogP contribution in [-0.4, -0.2) is 34.2 Å². The molecule has 20 heavy (non-hydrogen) atoms. The van der Waals surface area contributed by atoms with Crippen LogP contribution in [0.3, 0.4) is 0 Å². The van der Waals surface area contributed by atoms with Crippen molar-refractivity contribution in [2.75, 3.05) is 13.6 Å². The van der Waals surface area contributed by atoms with Crippen molar-refractivity contribution in [1.82, 2.24) is 10.0 Å². The molecule has 0 aliphatic carbocycles. The summed E-state index contributed by atoms with van der Waals surface area (Å²) in [6.45, 7) is 6.10. The first-order valence-electron chi connectivity index (χ1n) is 6.29. The van der Waals surface area contributed by atoms with Crippen molar-refractivity contribution in [3.8, 4) is 5.75 Å². The van der Waals surface area contributed by atoms with E-state index in [1.807, 2.05) is 20.8 Å². The van der Waals surface area contributed by atoms with E-state index in [0.29, 0.717) is 12.3 Å². The quantitative estimate of drug-likeness (QED) is 0.803. The second-order valence-corrected chi connectivity index (χ2v) is 6.45. The van der Waals surface area contributed by atoms with E-state index in [-0.39, 0.29) is 29.4 Å². The Labute approximate surface area is 127 Å². The lowest BCUT2D eigenvalue weighted by Crippen LogP contribution is -2.37. The van der Waals surface area contributed by atoms with Gasteiger partial charge in [-0.1, -0.05) is 0 Å². The van der Waals surface area contributed by atoms with Gasteiger partial charge in [-0.3, -0.25) is 0 Å². The first kappa shape index (κ1) is 19.2. The molecule has 0 saturated carbocycles. The minimum absolute atomic E-state index is 0. The molecule has 116 valence electrons. The highest BCUT2D eigenvalue weighted by atomic mass is 35.5. The fraction of sp³-hybridized carbons (Fsp3) is 0.538. The number of hydrogen-bond donors (Lipinski definition) is 2. The van der Waals surface area contributed by atoms with Gasteiger partial charge in [0.1, 0.15) is 5.75 Å². The molecule has 0 aliphatic rings. The highest BCUT2D eigenvalue weighted by Crippen LogP contribution is 2.16. The SMILES string of the molecule is CNC(C)CNS(=O)(=O)c1ccc(OC(C)C)cc1.Cl. The molecule has 1 unspecified atom stereocenters. The summed E-state index contributed by atoms with van der Waals surface area (Å²) in [5, 5.41) is 2.97. The second kappa shape index (κ2) is 8.46. The predicted octanol–water partition coefficient (Wildman–Crippen LogP) is 1.78. The standard InChI is InChI=1S/C13H22N2O3S.ClH/c1-10(2)18-12-5-7-13(8-6-12)19(16,17)15-9-11(3)14-4;/h5-8,10-11,14-15H,9H2,1-4H3;1H. The third-order valence-corrected chi connectivity index (χ3v) is 4.02. The first-order valence-corrected chi connectivity index (χ1v) is 7.77. The van der Waals surface area contributed by atoms with Crippen LogP contribution in [0.4, 0.5) is 0 Å². The van der Waals surface area contributed by atoms with Crippen LogP contribution >= 0.6 is 12.4 Å². The fourth-order valence-electron chi connectivity index (χ4n) is 1.39. The van der Waals surface area contributed by atoms with Gasteiger partial charge in [0, 0.05) is 12.6 Å². The molecule has 1 aromatic carbocycles. The highest BCUT2D eigenvalue weighted by molar-refractivity contribution is 7.89. The van der Waals surface area contributed by atoms with E-state index in [4.69, 9.17) is 4.74 Å². The molecule has 7 heteroatoms. The number of likely N-dealkylation sites (N-methyl/N-ethyl adjacent to an activating group) is 1. The Bertz CT molecular complexity index is 489. The van der Waals surface area contributed by atoms with Gasteiger partial charge in [0.25, 0.3) is 0 Å². The van der Waals surface area contributed by atoms with Crippen molar-refractivity contribution in [2.45, 2.75) is 37.8 Å². The van der Waals surface area contributed by atoms with Gasteiger partial charge in [-0.15, -0.1) is 12.4 Å². The van der Waals surface area contributed by atoms with Crippen molar-refractivity contribution in [1.29, 1.82) is 0 Å². The van der Waals surface area contributed by atoms with Crippen LogP contribution in [0.15, 0.2) is 29.2 Å². The maximum Gasteiger partial charge on any atom is 0.240 e. The van der Waals surface area contributed by atoms with Gasteiger partial charge in [0.2, 0.25) is 10.0 Å². The summed E-state index contributed by atoms with van der Waals surface area (Å²) in [5.41, 5.74) is 0. The van der Waals surface area contributed by atoms with E-state index in [2.05, 4.69) is 10.0 Å². The summed E-state index contributed by atoms with van der Waals surface area (Å²) in [6.07, 6.45) is 0.0667. The molecule has 5 nitrogen and oxygen atoms in total.